The zero-order valence-corrected chi connectivity index (χ0v) is 13.1. The van der Waals surface area contributed by atoms with Crippen molar-refractivity contribution in [3.63, 3.8) is 0 Å². The molecule has 3 heterocycles. The molecule has 1 saturated heterocycles. The van der Waals surface area contributed by atoms with E-state index in [1.165, 1.54) is 67.8 Å². The fourth-order valence-corrected chi connectivity index (χ4v) is 3.64. The summed E-state index contributed by atoms with van der Waals surface area (Å²) in [7, 11) is 0. The van der Waals surface area contributed by atoms with Crippen molar-refractivity contribution in [2.45, 2.75) is 45.2 Å². The monoisotopic (exact) mass is 296 g/mol. The fraction of sp³-hybridized carbons (Fsp3) is 0.500. The van der Waals surface area contributed by atoms with Gasteiger partial charge in [0.05, 0.1) is 6.20 Å². The van der Waals surface area contributed by atoms with Gasteiger partial charge < -0.3 is 10.2 Å². The molecule has 2 aromatic rings. The normalized spacial score (nSPS) is 17.5. The Labute approximate surface area is 132 Å². The summed E-state index contributed by atoms with van der Waals surface area (Å²) < 4.78 is 2.15. The van der Waals surface area contributed by atoms with Gasteiger partial charge in [0.15, 0.2) is 0 Å². The minimum Gasteiger partial charge on any atom is -0.381 e. The maximum atomic E-state index is 4.47. The highest BCUT2D eigenvalue weighted by atomic mass is 15.3. The molecular weight excluding hydrogens is 272 g/mol. The van der Waals surface area contributed by atoms with E-state index in [9.17, 15) is 0 Å². The molecule has 0 unspecified atom stereocenters. The summed E-state index contributed by atoms with van der Waals surface area (Å²) in [6, 6.07) is 8.84. The molecule has 1 N–H and O–H groups in total. The van der Waals surface area contributed by atoms with Crippen molar-refractivity contribution in [2.75, 3.05) is 23.3 Å². The SMILES string of the molecule is c1cc(NCc2cnn3c2CCC3)cc(N2CCCCC2)c1. The Kier molecular flexibility index (Phi) is 3.75. The fourth-order valence-electron chi connectivity index (χ4n) is 3.64. The number of benzene rings is 1. The minimum atomic E-state index is 0.874. The Morgan fingerprint density at radius 2 is 1.95 bits per heavy atom. The summed E-state index contributed by atoms with van der Waals surface area (Å²) in [6.45, 7) is 4.35. The van der Waals surface area contributed by atoms with Crippen LogP contribution in [0.15, 0.2) is 30.5 Å². The molecule has 0 saturated carbocycles. The van der Waals surface area contributed by atoms with E-state index in [2.05, 4.69) is 44.3 Å². The van der Waals surface area contributed by atoms with Crippen LogP contribution >= 0.6 is 0 Å². The highest BCUT2D eigenvalue weighted by Gasteiger charge is 2.16. The number of fused-ring (bicyclic) bond motifs is 1. The lowest BCUT2D eigenvalue weighted by Gasteiger charge is -2.29. The van der Waals surface area contributed by atoms with Gasteiger partial charge >= 0.3 is 0 Å². The quantitative estimate of drug-likeness (QED) is 0.938. The van der Waals surface area contributed by atoms with E-state index in [4.69, 9.17) is 0 Å². The molecule has 4 nitrogen and oxygen atoms in total. The maximum Gasteiger partial charge on any atom is 0.0542 e. The molecule has 116 valence electrons. The Bertz CT molecular complexity index is 640. The van der Waals surface area contributed by atoms with E-state index >= 15 is 0 Å². The first-order chi connectivity index (χ1) is 10.9. The van der Waals surface area contributed by atoms with Gasteiger partial charge in [0.2, 0.25) is 0 Å². The van der Waals surface area contributed by atoms with Crippen molar-refractivity contribution in [1.82, 2.24) is 9.78 Å². The highest BCUT2D eigenvalue weighted by Crippen LogP contribution is 2.24. The molecule has 0 radical (unpaired) electrons. The van der Waals surface area contributed by atoms with E-state index < -0.39 is 0 Å². The molecule has 1 fully saturated rings. The molecular formula is C18H24N4. The van der Waals surface area contributed by atoms with Crippen molar-refractivity contribution >= 4 is 11.4 Å². The molecule has 0 aliphatic carbocycles. The standard InChI is InChI=1S/C18H24N4/c1-2-9-21(10-3-1)17-7-4-6-16(12-17)19-13-15-14-20-22-11-5-8-18(15)22/h4,6-7,12,14,19H,1-3,5,8-11,13H2. The summed E-state index contributed by atoms with van der Waals surface area (Å²) >= 11 is 0. The Hall–Kier alpha value is -1.97. The molecule has 1 aromatic heterocycles. The number of anilines is 2. The summed E-state index contributed by atoms with van der Waals surface area (Å²) in [5, 5.41) is 8.04. The number of piperidine rings is 1. The second kappa shape index (κ2) is 6.03. The average Bonchev–Trinajstić information content (AvgIpc) is 3.18. The lowest BCUT2D eigenvalue weighted by Crippen LogP contribution is -2.29. The van der Waals surface area contributed by atoms with Crippen molar-refractivity contribution in [3.05, 3.63) is 41.7 Å². The van der Waals surface area contributed by atoms with Crippen molar-refractivity contribution < 1.29 is 0 Å². The summed E-state index contributed by atoms with van der Waals surface area (Å²) in [6.07, 6.45) is 8.45. The van der Waals surface area contributed by atoms with Gasteiger partial charge in [0, 0.05) is 48.8 Å². The van der Waals surface area contributed by atoms with Crippen molar-refractivity contribution in [1.29, 1.82) is 0 Å². The first-order valence-corrected chi connectivity index (χ1v) is 8.52. The lowest BCUT2D eigenvalue weighted by molar-refractivity contribution is 0.578. The van der Waals surface area contributed by atoms with Crippen LogP contribution in [0.1, 0.15) is 36.9 Å². The largest absolute Gasteiger partial charge is 0.381 e. The maximum absolute atomic E-state index is 4.47. The van der Waals surface area contributed by atoms with Gasteiger partial charge in [0.1, 0.15) is 0 Å². The Morgan fingerprint density at radius 3 is 2.86 bits per heavy atom. The van der Waals surface area contributed by atoms with E-state index in [1.54, 1.807) is 0 Å². The van der Waals surface area contributed by atoms with Crippen LogP contribution < -0.4 is 10.2 Å². The van der Waals surface area contributed by atoms with Crippen LogP contribution in [-0.4, -0.2) is 22.9 Å². The van der Waals surface area contributed by atoms with Gasteiger partial charge in [-0.2, -0.15) is 5.10 Å². The zero-order chi connectivity index (χ0) is 14.8. The smallest absolute Gasteiger partial charge is 0.0542 e. The Morgan fingerprint density at radius 1 is 1.05 bits per heavy atom. The van der Waals surface area contributed by atoms with Crippen molar-refractivity contribution in [2.24, 2.45) is 0 Å². The second-order valence-corrected chi connectivity index (χ2v) is 6.39. The zero-order valence-electron chi connectivity index (χ0n) is 13.1. The lowest BCUT2D eigenvalue weighted by atomic mass is 10.1. The number of hydrogen-bond donors (Lipinski definition) is 1. The van der Waals surface area contributed by atoms with E-state index in [-0.39, 0.29) is 0 Å². The van der Waals surface area contributed by atoms with Crippen LogP contribution in [0.4, 0.5) is 11.4 Å². The van der Waals surface area contributed by atoms with Crippen LogP contribution in [-0.2, 0) is 19.5 Å². The molecule has 0 bridgehead atoms. The van der Waals surface area contributed by atoms with Crippen LogP contribution in [0, 0.1) is 0 Å². The van der Waals surface area contributed by atoms with Gasteiger partial charge in [-0.05, 0) is 50.3 Å². The average molecular weight is 296 g/mol. The summed E-state index contributed by atoms with van der Waals surface area (Å²) in [4.78, 5) is 2.51. The Balaban J connectivity index is 1.44. The minimum absolute atomic E-state index is 0.874. The highest BCUT2D eigenvalue weighted by molar-refractivity contribution is 5.58. The number of rotatable bonds is 4. The molecule has 2 aliphatic rings. The third-order valence-electron chi connectivity index (χ3n) is 4.87. The molecule has 22 heavy (non-hydrogen) atoms. The third kappa shape index (κ3) is 2.70. The molecule has 0 amide bonds. The second-order valence-electron chi connectivity index (χ2n) is 6.39. The first kappa shape index (κ1) is 13.7. The third-order valence-corrected chi connectivity index (χ3v) is 4.87. The molecule has 4 rings (SSSR count). The predicted molar refractivity (Wildman–Crippen MR) is 90.4 cm³/mol. The summed E-state index contributed by atoms with van der Waals surface area (Å²) in [5.74, 6) is 0. The number of nitrogens with one attached hydrogen (secondary N) is 1. The molecule has 4 heteroatoms. The van der Waals surface area contributed by atoms with E-state index in [1.807, 2.05) is 6.20 Å². The molecule has 0 atom stereocenters. The van der Waals surface area contributed by atoms with Gasteiger partial charge in [0.25, 0.3) is 0 Å². The van der Waals surface area contributed by atoms with Gasteiger partial charge in [-0.15, -0.1) is 0 Å². The number of aromatic nitrogens is 2. The van der Waals surface area contributed by atoms with Crippen LogP contribution in [0.3, 0.4) is 0 Å². The topological polar surface area (TPSA) is 33.1 Å². The van der Waals surface area contributed by atoms with Gasteiger partial charge in [-0.3, -0.25) is 4.68 Å². The molecule has 2 aliphatic heterocycles. The van der Waals surface area contributed by atoms with Crippen LogP contribution in [0.5, 0.6) is 0 Å². The molecule has 0 spiro atoms. The van der Waals surface area contributed by atoms with Gasteiger partial charge in [-0.1, -0.05) is 6.07 Å². The summed E-state index contributed by atoms with van der Waals surface area (Å²) in [5.41, 5.74) is 5.33. The van der Waals surface area contributed by atoms with E-state index in [0.29, 0.717) is 0 Å². The number of hydrogen-bond acceptors (Lipinski definition) is 3. The first-order valence-electron chi connectivity index (χ1n) is 8.52. The molecule has 1 aromatic carbocycles. The van der Waals surface area contributed by atoms with Crippen molar-refractivity contribution in [3.8, 4) is 0 Å². The van der Waals surface area contributed by atoms with Crippen LogP contribution in [0.2, 0.25) is 0 Å². The number of aryl methyl sites for hydroxylation is 1. The number of nitrogens with zero attached hydrogens (tertiary/aromatic N) is 3. The van der Waals surface area contributed by atoms with E-state index in [0.717, 1.165) is 13.1 Å². The van der Waals surface area contributed by atoms with Crippen LogP contribution in [0.25, 0.3) is 0 Å². The predicted octanol–water partition coefficient (Wildman–Crippen LogP) is 3.43. The van der Waals surface area contributed by atoms with Gasteiger partial charge in [-0.25, -0.2) is 0 Å².